The largest absolute Gasteiger partial charge is 0.291 e. The monoisotopic (exact) mass is 534 g/mol. The molecule has 9 aromatic rings. The Labute approximate surface area is 230 Å². The van der Waals surface area contributed by atoms with E-state index in [-0.39, 0.29) is 0 Å². The highest BCUT2D eigenvalue weighted by molar-refractivity contribution is 7.37. The fraction of sp³-hybridized carbons (Fsp3) is 0. The van der Waals surface area contributed by atoms with Crippen molar-refractivity contribution in [3.05, 3.63) is 109 Å². The van der Waals surface area contributed by atoms with Gasteiger partial charge in [0.25, 0.3) is 0 Å². The molecule has 0 aliphatic heterocycles. The highest BCUT2D eigenvalue weighted by Gasteiger charge is 2.21. The van der Waals surface area contributed by atoms with Gasteiger partial charge in [-0.1, -0.05) is 54.6 Å². The molecule has 9 rings (SSSR count). The predicted molar refractivity (Wildman–Crippen MR) is 165 cm³/mol. The number of para-hydroxylation sites is 1. The summed E-state index contributed by atoms with van der Waals surface area (Å²) in [5.74, 6) is 0.909. The van der Waals surface area contributed by atoms with E-state index < -0.39 is 0 Å². The number of nitrogens with zero attached hydrogens (tertiary/aromatic N) is 4. The summed E-state index contributed by atoms with van der Waals surface area (Å²) in [6, 6.07) is 34.1. The van der Waals surface area contributed by atoms with Crippen LogP contribution in [0.2, 0.25) is 0 Å². The number of thiophene rings is 2. The number of hydrogen-bond donors (Lipinski definition) is 0. The summed E-state index contributed by atoms with van der Waals surface area (Å²) in [7, 11) is 0. The molecular formula is C33H18N4S2. The van der Waals surface area contributed by atoms with Gasteiger partial charge in [0.15, 0.2) is 0 Å². The van der Waals surface area contributed by atoms with E-state index in [0.717, 1.165) is 38.9 Å². The lowest BCUT2D eigenvalue weighted by atomic mass is 10.1. The van der Waals surface area contributed by atoms with Gasteiger partial charge in [-0.3, -0.25) is 9.55 Å². The van der Waals surface area contributed by atoms with E-state index in [1.54, 1.807) is 6.20 Å². The minimum Gasteiger partial charge on any atom is -0.291 e. The Bertz CT molecular complexity index is 2400. The molecule has 0 saturated heterocycles. The lowest BCUT2D eigenvalue weighted by Crippen LogP contribution is -1.98. The van der Waals surface area contributed by atoms with Crippen LogP contribution >= 0.6 is 22.7 Å². The van der Waals surface area contributed by atoms with E-state index in [1.807, 2.05) is 41.0 Å². The molecule has 6 heteroatoms. The van der Waals surface area contributed by atoms with E-state index in [2.05, 4.69) is 94.5 Å². The fourth-order valence-corrected chi connectivity index (χ4v) is 8.47. The summed E-state index contributed by atoms with van der Waals surface area (Å²) in [6.07, 6.45) is 3.64. The van der Waals surface area contributed by atoms with Crippen molar-refractivity contribution >= 4 is 85.1 Å². The quantitative estimate of drug-likeness (QED) is 0.208. The molecule has 0 radical (unpaired) electrons. The van der Waals surface area contributed by atoms with Crippen LogP contribution in [0.5, 0.6) is 0 Å². The smallest absolute Gasteiger partial charge is 0.138 e. The molecule has 0 unspecified atom stereocenters. The van der Waals surface area contributed by atoms with Crippen LogP contribution < -0.4 is 0 Å². The van der Waals surface area contributed by atoms with Crippen LogP contribution in [-0.2, 0) is 0 Å². The molecule has 6 aromatic heterocycles. The van der Waals surface area contributed by atoms with E-state index in [0.29, 0.717) is 0 Å². The maximum Gasteiger partial charge on any atom is 0.138 e. The Morgan fingerprint density at radius 1 is 0.590 bits per heavy atom. The second-order valence-electron chi connectivity index (χ2n) is 9.71. The first-order chi connectivity index (χ1) is 19.3. The Morgan fingerprint density at radius 2 is 1.36 bits per heavy atom. The van der Waals surface area contributed by atoms with Crippen molar-refractivity contribution in [2.24, 2.45) is 0 Å². The van der Waals surface area contributed by atoms with Crippen LogP contribution in [0.1, 0.15) is 0 Å². The zero-order valence-corrected chi connectivity index (χ0v) is 22.1. The highest BCUT2D eigenvalue weighted by Crippen LogP contribution is 2.48. The summed E-state index contributed by atoms with van der Waals surface area (Å²) in [5, 5.41) is 4.75. The molecule has 4 nitrogen and oxygen atoms in total. The van der Waals surface area contributed by atoms with Gasteiger partial charge in [-0.15, -0.1) is 22.7 Å². The Balaban J connectivity index is 1.38. The molecule has 39 heavy (non-hydrogen) atoms. The fourth-order valence-electron chi connectivity index (χ4n) is 5.69. The molecule has 0 fully saturated rings. The average Bonchev–Trinajstić information content (AvgIpc) is 3.64. The van der Waals surface area contributed by atoms with Gasteiger partial charge in [-0.05, 0) is 42.5 Å². The number of benzene rings is 3. The van der Waals surface area contributed by atoms with Gasteiger partial charge >= 0.3 is 0 Å². The zero-order valence-electron chi connectivity index (χ0n) is 20.5. The maximum absolute atomic E-state index is 5.32. The van der Waals surface area contributed by atoms with Crippen molar-refractivity contribution in [3.8, 4) is 17.1 Å². The predicted octanol–water partition coefficient (Wildman–Crippen LogP) is 9.37. The molecule has 3 aromatic carbocycles. The first-order valence-electron chi connectivity index (χ1n) is 12.8. The summed E-state index contributed by atoms with van der Waals surface area (Å²) < 4.78 is 7.66. The molecule has 0 N–H and O–H groups in total. The number of pyridine rings is 3. The van der Waals surface area contributed by atoms with Crippen LogP contribution in [0.4, 0.5) is 0 Å². The summed E-state index contributed by atoms with van der Waals surface area (Å²) in [6.45, 7) is 0. The molecule has 0 saturated carbocycles. The molecular weight excluding hydrogens is 517 g/mol. The number of fused-ring (bicyclic) bond motifs is 10. The topological polar surface area (TPSA) is 43.6 Å². The summed E-state index contributed by atoms with van der Waals surface area (Å²) in [4.78, 5) is 14.7. The van der Waals surface area contributed by atoms with E-state index in [1.165, 1.54) is 40.6 Å². The first-order valence-corrected chi connectivity index (χ1v) is 14.4. The van der Waals surface area contributed by atoms with Crippen molar-refractivity contribution in [2.45, 2.75) is 0 Å². The first kappa shape index (κ1) is 21.3. The van der Waals surface area contributed by atoms with Crippen molar-refractivity contribution in [3.63, 3.8) is 0 Å². The van der Waals surface area contributed by atoms with Crippen molar-refractivity contribution < 1.29 is 0 Å². The second kappa shape index (κ2) is 7.93. The third-order valence-corrected chi connectivity index (χ3v) is 10.0. The molecule has 0 atom stereocenters. The third kappa shape index (κ3) is 3.01. The van der Waals surface area contributed by atoms with Gasteiger partial charge in [0.1, 0.15) is 5.82 Å². The van der Waals surface area contributed by atoms with Crippen LogP contribution in [-0.4, -0.2) is 19.5 Å². The molecule has 0 amide bonds. The van der Waals surface area contributed by atoms with Gasteiger partial charge in [-0.25, -0.2) is 9.97 Å². The van der Waals surface area contributed by atoms with Crippen LogP contribution in [0.15, 0.2) is 109 Å². The molecule has 182 valence electrons. The zero-order chi connectivity index (χ0) is 25.5. The lowest BCUT2D eigenvalue weighted by Gasteiger charge is -2.10. The van der Waals surface area contributed by atoms with E-state index in [4.69, 9.17) is 9.97 Å². The molecule has 6 heterocycles. The maximum atomic E-state index is 5.32. The standard InChI is InChI=1S/C33H18N4S2/c1-3-9-25-22(7-1)31-30(33-32(39-31)23-8-2-4-10-26(23)38-33)37(25)27-16-14-20-12-11-19-13-15-24(21-6-5-17-34-18-21)35-28(19)29(20)36-27/h1-18H. The van der Waals surface area contributed by atoms with Gasteiger partial charge in [0.05, 0.1) is 41.9 Å². The minimum absolute atomic E-state index is 0.897. The minimum atomic E-state index is 0.897. The number of hydrogen-bond acceptors (Lipinski definition) is 5. The Morgan fingerprint density at radius 3 is 2.23 bits per heavy atom. The number of aromatic nitrogens is 4. The van der Waals surface area contributed by atoms with Crippen LogP contribution in [0, 0.1) is 0 Å². The Hall–Kier alpha value is -4.65. The van der Waals surface area contributed by atoms with Gasteiger partial charge in [-0.2, -0.15) is 0 Å². The van der Waals surface area contributed by atoms with E-state index >= 15 is 0 Å². The van der Waals surface area contributed by atoms with Gasteiger partial charge in [0.2, 0.25) is 0 Å². The normalized spacial score (nSPS) is 12.1. The molecule has 0 aliphatic rings. The highest BCUT2D eigenvalue weighted by atomic mass is 32.1. The SMILES string of the molecule is c1cncc(-c2ccc3ccc4ccc(-n5c6ccccc6c6sc7c8ccccc8sc7c65)nc4c3n2)c1. The van der Waals surface area contributed by atoms with Crippen molar-refractivity contribution in [2.75, 3.05) is 0 Å². The lowest BCUT2D eigenvalue weighted by molar-refractivity contribution is 1.11. The third-order valence-electron chi connectivity index (χ3n) is 7.49. The molecule has 0 aliphatic carbocycles. The molecule has 0 bridgehead atoms. The van der Waals surface area contributed by atoms with E-state index in [9.17, 15) is 0 Å². The van der Waals surface area contributed by atoms with Crippen LogP contribution in [0.3, 0.4) is 0 Å². The van der Waals surface area contributed by atoms with Crippen molar-refractivity contribution in [1.29, 1.82) is 0 Å². The van der Waals surface area contributed by atoms with Gasteiger partial charge < -0.3 is 0 Å². The van der Waals surface area contributed by atoms with Crippen LogP contribution in [0.25, 0.3) is 79.5 Å². The number of rotatable bonds is 2. The Kier molecular flexibility index (Phi) is 4.33. The van der Waals surface area contributed by atoms with Gasteiger partial charge in [0, 0.05) is 44.2 Å². The summed E-state index contributed by atoms with van der Waals surface area (Å²) >= 11 is 3.76. The second-order valence-corrected chi connectivity index (χ2v) is 11.8. The average molecular weight is 535 g/mol. The summed E-state index contributed by atoms with van der Waals surface area (Å²) in [5.41, 5.74) is 6.12. The molecule has 0 spiro atoms. The van der Waals surface area contributed by atoms with Crippen molar-refractivity contribution in [1.82, 2.24) is 19.5 Å².